The van der Waals surface area contributed by atoms with Crippen LogP contribution in [0.3, 0.4) is 0 Å². The molecule has 0 fully saturated rings. The van der Waals surface area contributed by atoms with Crippen LogP contribution in [0, 0.1) is 0 Å². The molecule has 1 nitrogen and oxygen atoms in total. The standard InChI is InChI=1S/C21H20O/c1-2-22-21(18-12-6-3-7-13-18,19-14-8-4-9-15-19)20-16-10-5-11-17-20/h3-17H,2H2,1H3/i1D3,2D2. The fraction of sp³-hybridized carbons (Fsp3) is 0.143. The molecule has 0 aromatic heterocycles. The summed E-state index contributed by atoms with van der Waals surface area (Å²) in [4.78, 5) is 0. The van der Waals surface area contributed by atoms with Crippen LogP contribution in [-0.4, -0.2) is 6.56 Å². The molecule has 22 heavy (non-hydrogen) atoms. The molecule has 3 aromatic rings. The molecule has 3 aromatic carbocycles. The van der Waals surface area contributed by atoms with Crippen molar-refractivity contribution in [3.63, 3.8) is 0 Å². The molecule has 0 unspecified atom stereocenters. The number of hydrogen-bond donors (Lipinski definition) is 0. The van der Waals surface area contributed by atoms with Crippen LogP contribution in [0.1, 0.15) is 30.4 Å². The predicted molar refractivity (Wildman–Crippen MR) is 90.8 cm³/mol. The van der Waals surface area contributed by atoms with Crippen molar-refractivity contribution in [3.8, 4) is 0 Å². The van der Waals surface area contributed by atoms with Gasteiger partial charge in [0.15, 0.2) is 0 Å². The van der Waals surface area contributed by atoms with Crippen molar-refractivity contribution < 1.29 is 11.6 Å². The van der Waals surface area contributed by atoms with Gasteiger partial charge in [-0.05, 0) is 23.5 Å². The van der Waals surface area contributed by atoms with Crippen LogP contribution in [0.25, 0.3) is 0 Å². The van der Waals surface area contributed by atoms with E-state index in [1.54, 1.807) is 0 Å². The maximum atomic E-state index is 8.16. The third-order valence-corrected chi connectivity index (χ3v) is 3.75. The minimum atomic E-state index is -2.95. The molecule has 0 atom stereocenters. The van der Waals surface area contributed by atoms with Crippen molar-refractivity contribution >= 4 is 0 Å². The number of rotatable bonds is 5. The minimum absolute atomic E-state index is 0.649. The lowest BCUT2D eigenvalue weighted by Crippen LogP contribution is -2.32. The zero-order chi connectivity index (χ0) is 19.5. The van der Waals surface area contributed by atoms with Crippen molar-refractivity contribution in [1.29, 1.82) is 0 Å². The molecule has 0 N–H and O–H groups in total. The Bertz CT molecular complexity index is 765. The number of ether oxygens (including phenoxy) is 1. The van der Waals surface area contributed by atoms with Crippen LogP contribution in [0.15, 0.2) is 91.0 Å². The van der Waals surface area contributed by atoms with Gasteiger partial charge in [-0.3, -0.25) is 0 Å². The van der Waals surface area contributed by atoms with E-state index in [9.17, 15) is 0 Å². The van der Waals surface area contributed by atoms with Crippen LogP contribution in [0.4, 0.5) is 0 Å². The molecule has 0 radical (unpaired) electrons. The molecular weight excluding hydrogens is 268 g/mol. The fourth-order valence-corrected chi connectivity index (χ4v) is 2.77. The normalized spacial score (nSPS) is 15.9. The third-order valence-electron chi connectivity index (χ3n) is 3.75. The second-order valence-corrected chi connectivity index (χ2v) is 4.98. The summed E-state index contributed by atoms with van der Waals surface area (Å²) in [5.74, 6) is 0. The molecule has 0 aliphatic heterocycles. The van der Waals surface area contributed by atoms with Crippen LogP contribution < -0.4 is 0 Å². The lowest BCUT2D eigenvalue weighted by molar-refractivity contribution is 0.0216. The van der Waals surface area contributed by atoms with Crippen molar-refractivity contribution in [2.24, 2.45) is 0 Å². The first-order valence-corrected chi connectivity index (χ1v) is 7.14. The van der Waals surface area contributed by atoms with E-state index in [1.165, 1.54) is 0 Å². The van der Waals surface area contributed by atoms with Gasteiger partial charge < -0.3 is 4.74 Å². The first kappa shape index (κ1) is 9.60. The second-order valence-electron chi connectivity index (χ2n) is 4.98. The summed E-state index contributed by atoms with van der Waals surface area (Å²) in [5.41, 5.74) is 0.531. The Morgan fingerprint density at radius 2 is 1.09 bits per heavy atom. The molecule has 3 rings (SSSR count). The average Bonchev–Trinajstić information content (AvgIpc) is 2.67. The largest absolute Gasteiger partial charge is 0.361 e. The van der Waals surface area contributed by atoms with Gasteiger partial charge in [0.25, 0.3) is 0 Å². The highest BCUT2D eigenvalue weighted by Gasteiger charge is 2.36. The first-order valence-electron chi connectivity index (χ1n) is 9.64. The van der Waals surface area contributed by atoms with Gasteiger partial charge in [-0.2, -0.15) is 0 Å². The Morgan fingerprint density at radius 1 is 0.727 bits per heavy atom. The quantitative estimate of drug-likeness (QED) is 0.600. The molecule has 0 amide bonds. The topological polar surface area (TPSA) is 9.23 Å². The summed E-state index contributed by atoms with van der Waals surface area (Å²) in [5, 5.41) is 0. The van der Waals surface area contributed by atoms with Gasteiger partial charge in [-0.25, -0.2) is 0 Å². The van der Waals surface area contributed by atoms with E-state index in [1.807, 2.05) is 91.0 Å². The molecule has 0 aliphatic carbocycles. The number of benzene rings is 3. The summed E-state index contributed by atoms with van der Waals surface area (Å²) in [6, 6.07) is 27.4. The molecule has 110 valence electrons. The Kier molecular flexibility index (Phi) is 2.88. The molecule has 0 saturated carbocycles. The average molecular weight is 293 g/mol. The number of hydrogen-bond acceptors (Lipinski definition) is 1. The van der Waals surface area contributed by atoms with Crippen LogP contribution in [0.5, 0.6) is 0 Å². The Hall–Kier alpha value is -2.38. The Morgan fingerprint density at radius 3 is 1.41 bits per heavy atom. The van der Waals surface area contributed by atoms with E-state index < -0.39 is 19.0 Å². The smallest absolute Gasteiger partial charge is 0.143 e. The van der Waals surface area contributed by atoms with Gasteiger partial charge >= 0.3 is 0 Å². The second kappa shape index (κ2) is 6.59. The van der Waals surface area contributed by atoms with Gasteiger partial charge in [-0.15, -0.1) is 0 Å². The van der Waals surface area contributed by atoms with Gasteiger partial charge in [0.05, 0.1) is 2.74 Å². The molecule has 0 spiro atoms. The summed E-state index contributed by atoms with van der Waals surface area (Å²) in [6.07, 6.45) is 0. The fourth-order valence-electron chi connectivity index (χ4n) is 2.77. The van der Waals surface area contributed by atoms with Crippen molar-refractivity contribution in [2.45, 2.75) is 12.5 Å². The van der Waals surface area contributed by atoms with E-state index in [4.69, 9.17) is 11.6 Å². The summed E-state index contributed by atoms with van der Waals surface area (Å²) >= 11 is 0. The van der Waals surface area contributed by atoms with Crippen LogP contribution >= 0.6 is 0 Å². The summed E-state index contributed by atoms with van der Waals surface area (Å²) in [7, 11) is 0. The van der Waals surface area contributed by atoms with Gasteiger partial charge in [0, 0.05) is 10.7 Å². The van der Waals surface area contributed by atoms with Crippen molar-refractivity contribution in [3.05, 3.63) is 108 Å². The molecule has 0 bridgehead atoms. The highest BCUT2D eigenvalue weighted by Crippen LogP contribution is 2.40. The van der Waals surface area contributed by atoms with Gasteiger partial charge in [0.1, 0.15) is 5.60 Å². The zero-order valence-electron chi connectivity index (χ0n) is 17.1. The van der Waals surface area contributed by atoms with Gasteiger partial charge in [-0.1, -0.05) is 91.0 Å². The Labute approximate surface area is 139 Å². The monoisotopic (exact) mass is 293 g/mol. The maximum absolute atomic E-state index is 8.16. The van der Waals surface area contributed by atoms with E-state index in [2.05, 4.69) is 0 Å². The molecule has 1 heteroatoms. The Balaban J connectivity index is 2.33. The third kappa shape index (κ3) is 2.56. The molecular formula is C21H20O. The summed E-state index contributed by atoms with van der Waals surface area (Å²) in [6.45, 7) is -5.81. The van der Waals surface area contributed by atoms with E-state index in [0.717, 1.165) is 0 Å². The lowest BCUT2D eigenvalue weighted by Gasteiger charge is -2.35. The maximum Gasteiger partial charge on any atom is 0.143 e. The molecule has 0 heterocycles. The van der Waals surface area contributed by atoms with E-state index in [-0.39, 0.29) is 0 Å². The van der Waals surface area contributed by atoms with Crippen molar-refractivity contribution in [2.75, 3.05) is 6.56 Å². The van der Waals surface area contributed by atoms with Crippen molar-refractivity contribution in [1.82, 2.24) is 0 Å². The first-order chi connectivity index (χ1) is 12.8. The van der Waals surface area contributed by atoms with E-state index >= 15 is 0 Å². The van der Waals surface area contributed by atoms with Crippen LogP contribution in [0.2, 0.25) is 0 Å². The highest BCUT2D eigenvalue weighted by atomic mass is 16.5. The summed E-state index contributed by atoms with van der Waals surface area (Å²) < 4.78 is 45.2. The SMILES string of the molecule is [2H]C([2H])([2H])C([2H])([2H])OC(c1ccccc1)(c1ccccc1)c1ccccc1. The lowest BCUT2D eigenvalue weighted by atomic mass is 9.80. The van der Waals surface area contributed by atoms with E-state index in [0.29, 0.717) is 16.7 Å². The molecule has 0 saturated heterocycles. The highest BCUT2D eigenvalue weighted by molar-refractivity contribution is 5.47. The van der Waals surface area contributed by atoms with Gasteiger partial charge in [0.2, 0.25) is 0 Å². The predicted octanol–water partition coefficient (Wildman–Crippen LogP) is 5.02. The molecule has 0 aliphatic rings. The minimum Gasteiger partial charge on any atom is -0.361 e. The zero-order valence-corrected chi connectivity index (χ0v) is 12.1. The van der Waals surface area contributed by atoms with Crippen LogP contribution in [-0.2, 0) is 10.3 Å².